The zero-order valence-electron chi connectivity index (χ0n) is 9.76. The van der Waals surface area contributed by atoms with Crippen molar-refractivity contribution in [3.63, 3.8) is 0 Å². The zero-order valence-corrected chi connectivity index (χ0v) is 10.6. The first kappa shape index (κ1) is 12.3. The number of anilines is 1. The van der Waals surface area contributed by atoms with Crippen molar-refractivity contribution in [2.45, 2.75) is 11.8 Å². The van der Waals surface area contributed by atoms with Crippen LogP contribution in [0.3, 0.4) is 0 Å². The summed E-state index contributed by atoms with van der Waals surface area (Å²) in [6.45, 7) is 5.11. The largest absolute Gasteiger partial charge is 0.338 e. The first-order valence-electron chi connectivity index (χ1n) is 5.64. The first-order chi connectivity index (χ1) is 8.13. The number of rotatable bonds is 3. The van der Waals surface area contributed by atoms with E-state index in [4.69, 9.17) is 0 Å². The predicted octanol–water partition coefficient (Wildman–Crippen LogP) is -0.320. The van der Waals surface area contributed by atoms with Crippen LogP contribution >= 0.6 is 0 Å². The molecule has 1 aromatic rings. The lowest BCUT2D eigenvalue weighted by molar-refractivity contribution is 0.578. The van der Waals surface area contributed by atoms with Gasteiger partial charge >= 0.3 is 0 Å². The average molecular weight is 256 g/mol. The number of sulfone groups is 1. The molecule has 0 bridgehead atoms. The Hall–Kier alpha value is -1.21. The third-order valence-electron chi connectivity index (χ3n) is 2.75. The number of piperazine rings is 1. The lowest BCUT2D eigenvalue weighted by atomic mass is 10.4. The minimum absolute atomic E-state index is 0.0728. The second-order valence-electron chi connectivity index (χ2n) is 3.86. The van der Waals surface area contributed by atoms with Gasteiger partial charge in [-0.05, 0) is 0 Å². The van der Waals surface area contributed by atoms with E-state index < -0.39 is 9.84 Å². The van der Waals surface area contributed by atoms with Crippen LogP contribution in [0.2, 0.25) is 0 Å². The van der Waals surface area contributed by atoms with Gasteiger partial charge < -0.3 is 10.2 Å². The lowest BCUT2D eigenvalue weighted by Gasteiger charge is -2.27. The van der Waals surface area contributed by atoms with Gasteiger partial charge in [-0.1, -0.05) is 6.92 Å². The summed E-state index contributed by atoms with van der Waals surface area (Å²) in [6.07, 6.45) is 2.78. The van der Waals surface area contributed by atoms with E-state index >= 15 is 0 Å². The summed E-state index contributed by atoms with van der Waals surface area (Å²) in [5.74, 6) is 0.671. The summed E-state index contributed by atoms with van der Waals surface area (Å²) >= 11 is 0. The molecule has 6 nitrogen and oxygen atoms in total. The molecule has 17 heavy (non-hydrogen) atoms. The van der Waals surface area contributed by atoms with Gasteiger partial charge in [0.15, 0.2) is 9.84 Å². The third kappa shape index (κ3) is 2.73. The van der Waals surface area contributed by atoms with Crippen LogP contribution in [0.5, 0.6) is 0 Å². The molecule has 0 spiro atoms. The van der Waals surface area contributed by atoms with Gasteiger partial charge in [0, 0.05) is 26.2 Å². The van der Waals surface area contributed by atoms with Crippen LogP contribution in [-0.2, 0) is 9.84 Å². The molecule has 0 aromatic carbocycles. The summed E-state index contributed by atoms with van der Waals surface area (Å²) in [5, 5.41) is 3.24. The Morgan fingerprint density at radius 1 is 1.29 bits per heavy atom. The zero-order chi connectivity index (χ0) is 12.3. The van der Waals surface area contributed by atoms with Crippen molar-refractivity contribution in [2.24, 2.45) is 0 Å². The van der Waals surface area contributed by atoms with Crippen LogP contribution in [0.4, 0.5) is 5.95 Å². The molecule has 0 unspecified atom stereocenters. The molecule has 0 radical (unpaired) electrons. The maximum absolute atomic E-state index is 11.6. The van der Waals surface area contributed by atoms with E-state index in [1.54, 1.807) is 6.92 Å². The predicted molar refractivity (Wildman–Crippen MR) is 64.8 cm³/mol. The Morgan fingerprint density at radius 3 is 2.41 bits per heavy atom. The maximum atomic E-state index is 11.6. The highest BCUT2D eigenvalue weighted by Gasteiger charge is 2.16. The normalized spacial score (nSPS) is 17.1. The van der Waals surface area contributed by atoms with Crippen molar-refractivity contribution in [3.8, 4) is 0 Å². The molecule has 1 saturated heterocycles. The second-order valence-corrected chi connectivity index (χ2v) is 6.14. The molecule has 7 heteroatoms. The Morgan fingerprint density at radius 2 is 1.88 bits per heavy atom. The monoisotopic (exact) mass is 256 g/mol. The SMILES string of the molecule is CCS(=O)(=O)c1cnc(N2CCNCC2)nc1. The van der Waals surface area contributed by atoms with E-state index in [2.05, 4.69) is 15.3 Å². The molecule has 1 aliphatic heterocycles. The Balaban J connectivity index is 2.18. The summed E-state index contributed by atoms with van der Waals surface area (Å²) < 4.78 is 23.2. The number of hydrogen-bond donors (Lipinski definition) is 1. The highest BCUT2D eigenvalue weighted by molar-refractivity contribution is 7.91. The fourth-order valence-corrected chi connectivity index (χ4v) is 2.42. The van der Waals surface area contributed by atoms with Crippen LogP contribution in [0, 0.1) is 0 Å². The van der Waals surface area contributed by atoms with Crippen LogP contribution in [0.1, 0.15) is 6.92 Å². The molecule has 2 heterocycles. The Kier molecular flexibility index (Phi) is 3.58. The molecule has 0 amide bonds. The van der Waals surface area contributed by atoms with E-state index in [1.807, 2.05) is 4.90 Å². The third-order valence-corrected chi connectivity index (χ3v) is 4.44. The van der Waals surface area contributed by atoms with Crippen LogP contribution in [0.15, 0.2) is 17.3 Å². The number of hydrogen-bond acceptors (Lipinski definition) is 6. The van der Waals surface area contributed by atoms with E-state index in [0.29, 0.717) is 5.95 Å². The molecule has 94 valence electrons. The molecular formula is C10H16N4O2S. The van der Waals surface area contributed by atoms with Gasteiger partial charge in [-0.15, -0.1) is 0 Å². The average Bonchev–Trinajstić information content (AvgIpc) is 2.40. The van der Waals surface area contributed by atoms with Gasteiger partial charge in [0.2, 0.25) is 5.95 Å². The van der Waals surface area contributed by atoms with Gasteiger partial charge in [0.1, 0.15) is 4.90 Å². The minimum atomic E-state index is -3.20. The summed E-state index contributed by atoms with van der Waals surface area (Å²) in [4.78, 5) is 10.5. The molecule has 1 N–H and O–H groups in total. The fourth-order valence-electron chi connectivity index (χ4n) is 1.66. The van der Waals surface area contributed by atoms with Crippen molar-refractivity contribution in [1.29, 1.82) is 0 Å². The van der Waals surface area contributed by atoms with E-state index in [0.717, 1.165) is 26.2 Å². The van der Waals surface area contributed by atoms with E-state index in [-0.39, 0.29) is 10.6 Å². The lowest BCUT2D eigenvalue weighted by Crippen LogP contribution is -2.44. The van der Waals surface area contributed by atoms with Crippen molar-refractivity contribution in [3.05, 3.63) is 12.4 Å². The summed E-state index contributed by atoms with van der Waals surface area (Å²) in [5.41, 5.74) is 0. The Labute approximate surface area is 101 Å². The molecule has 1 fully saturated rings. The number of aromatic nitrogens is 2. The number of nitrogens with zero attached hydrogens (tertiary/aromatic N) is 3. The quantitative estimate of drug-likeness (QED) is 0.799. The van der Waals surface area contributed by atoms with Crippen molar-refractivity contribution in [2.75, 3.05) is 36.8 Å². The highest BCUT2D eigenvalue weighted by atomic mass is 32.2. The van der Waals surface area contributed by atoms with Crippen molar-refractivity contribution >= 4 is 15.8 Å². The van der Waals surface area contributed by atoms with E-state index in [1.165, 1.54) is 12.4 Å². The van der Waals surface area contributed by atoms with Gasteiger partial charge in [-0.2, -0.15) is 0 Å². The standard InChI is InChI=1S/C10H16N4O2S/c1-2-17(15,16)9-7-12-10(13-8-9)14-5-3-11-4-6-14/h7-8,11H,2-6H2,1H3. The van der Waals surface area contributed by atoms with Gasteiger partial charge in [-0.25, -0.2) is 18.4 Å². The highest BCUT2D eigenvalue weighted by Crippen LogP contribution is 2.12. The first-order valence-corrected chi connectivity index (χ1v) is 7.29. The molecule has 0 atom stereocenters. The molecule has 0 saturated carbocycles. The summed E-state index contributed by atoms with van der Waals surface area (Å²) in [7, 11) is -3.20. The Bertz CT molecular complexity index is 466. The van der Waals surface area contributed by atoms with Crippen LogP contribution in [0.25, 0.3) is 0 Å². The molecular weight excluding hydrogens is 240 g/mol. The molecule has 2 rings (SSSR count). The van der Waals surface area contributed by atoms with Crippen LogP contribution in [-0.4, -0.2) is 50.3 Å². The maximum Gasteiger partial charge on any atom is 0.225 e. The van der Waals surface area contributed by atoms with Gasteiger partial charge in [-0.3, -0.25) is 0 Å². The minimum Gasteiger partial charge on any atom is -0.338 e. The van der Waals surface area contributed by atoms with Crippen molar-refractivity contribution < 1.29 is 8.42 Å². The van der Waals surface area contributed by atoms with Crippen molar-refractivity contribution in [1.82, 2.24) is 15.3 Å². The van der Waals surface area contributed by atoms with Gasteiger partial charge in [0.25, 0.3) is 0 Å². The fraction of sp³-hybridized carbons (Fsp3) is 0.600. The molecule has 1 aromatic heterocycles. The second kappa shape index (κ2) is 4.97. The van der Waals surface area contributed by atoms with Crippen LogP contribution < -0.4 is 10.2 Å². The topological polar surface area (TPSA) is 75.2 Å². The number of nitrogens with one attached hydrogen (secondary N) is 1. The van der Waals surface area contributed by atoms with Gasteiger partial charge in [0.05, 0.1) is 18.1 Å². The smallest absolute Gasteiger partial charge is 0.225 e. The molecule has 0 aliphatic carbocycles. The molecule has 1 aliphatic rings. The van der Waals surface area contributed by atoms with E-state index in [9.17, 15) is 8.42 Å². The summed E-state index contributed by atoms with van der Waals surface area (Å²) in [6, 6.07) is 0.